The molecule has 120 valence electrons. The fourth-order valence-corrected chi connectivity index (χ4v) is 2.84. The molecule has 0 spiro atoms. The third-order valence-electron chi connectivity index (χ3n) is 3.88. The van der Waals surface area contributed by atoms with Gasteiger partial charge in [0.05, 0.1) is 10.6 Å². The topological polar surface area (TPSA) is 49.4 Å². The van der Waals surface area contributed by atoms with Crippen molar-refractivity contribution < 1.29 is 14.0 Å². The van der Waals surface area contributed by atoms with E-state index in [4.69, 9.17) is 11.6 Å². The van der Waals surface area contributed by atoms with E-state index in [1.54, 1.807) is 4.90 Å². The van der Waals surface area contributed by atoms with Gasteiger partial charge in [0.25, 0.3) is 5.91 Å². The number of hydrogen-bond acceptors (Lipinski definition) is 2. The van der Waals surface area contributed by atoms with Gasteiger partial charge in [-0.1, -0.05) is 24.6 Å². The molecular formula is C16H20ClFN2O2. The summed E-state index contributed by atoms with van der Waals surface area (Å²) in [5.74, 6) is -1.06. The van der Waals surface area contributed by atoms with Crippen molar-refractivity contribution in [3.8, 4) is 0 Å². The van der Waals surface area contributed by atoms with Crippen LogP contribution < -0.4 is 5.32 Å². The normalized spacial score (nSPS) is 15.7. The average Bonchev–Trinajstić information content (AvgIpc) is 2.52. The highest BCUT2D eigenvalue weighted by Gasteiger charge is 2.29. The van der Waals surface area contributed by atoms with E-state index >= 15 is 0 Å². The maximum atomic E-state index is 13.8. The van der Waals surface area contributed by atoms with Crippen LogP contribution >= 0.6 is 11.6 Å². The van der Waals surface area contributed by atoms with E-state index in [0.29, 0.717) is 32.5 Å². The molecule has 1 aliphatic heterocycles. The van der Waals surface area contributed by atoms with Crippen molar-refractivity contribution >= 4 is 23.4 Å². The zero-order valence-corrected chi connectivity index (χ0v) is 13.3. The Morgan fingerprint density at radius 2 is 2.05 bits per heavy atom. The van der Waals surface area contributed by atoms with Crippen LogP contribution in [0, 0.1) is 11.7 Å². The number of benzene rings is 1. The number of carbonyl (C=O) groups excluding carboxylic acids is 2. The number of nitrogens with zero attached hydrogens (tertiary/aromatic N) is 1. The molecule has 1 saturated heterocycles. The molecule has 1 fully saturated rings. The van der Waals surface area contributed by atoms with Crippen LogP contribution in [0.2, 0.25) is 5.02 Å². The predicted molar refractivity (Wildman–Crippen MR) is 83.3 cm³/mol. The van der Waals surface area contributed by atoms with Crippen LogP contribution in [0.3, 0.4) is 0 Å². The number of halogens is 2. The largest absolute Gasteiger partial charge is 0.356 e. The molecule has 4 nitrogen and oxygen atoms in total. The summed E-state index contributed by atoms with van der Waals surface area (Å²) < 4.78 is 13.8. The van der Waals surface area contributed by atoms with E-state index in [2.05, 4.69) is 5.32 Å². The molecule has 6 heteroatoms. The fourth-order valence-electron chi connectivity index (χ4n) is 2.60. The van der Waals surface area contributed by atoms with Gasteiger partial charge < -0.3 is 10.2 Å². The summed E-state index contributed by atoms with van der Waals surface area (Å²) in [5, 5.41) is 2.99. The lowest BCUT2D eigenvalue weighted by molar-refractivity contribution is -0.126. The molecule has 1 heterocycles. The molecule has 0 aromatic heterocycles. The minimum absolute atomic E-state index is 0.0397. The summed E-state index contributed by atoms with van der Waals surface area (Å²) in [7, 11) is 0. The highest BCUT2D eigenvalue weighted by Crippen LogP contribution is 2.24. The third kappa shape index (κ3) is 3.77. The summed E-state index contributed by atoms with van der Waals surface area (Å²) >= 11 is 5.93. The van der Waals surface area contributed by atoms with Gasteiger partial charge in [0.2, 0.25) is 5.91 Å². The van der Waals surface area contributed by atoms with Crippen LogP contribution in [0.25, 0.3) is 0 Å². The van der Waals surface area contributed by atoms with Crippen molar-refractivity contribution in [2.75, 3.05) is 19.6 Å². The first kappa shape index (κ1) is 16.7. The number of likely N-dealkylation sites (tertiary alicyclic amines) is 1. The van der Waals surface area contributed by atoms with Gasteiger partial charge in [0, 0.05) is 25.6 Å². The van der Waals surface area contributed by atoms with Crippen LogP contribution in [-0.4, -0.2) is 36.3 Å². The lowest BCUT2D eigenvalue weighted by atomic mass is 9.95. The van der Waals surface area contributed by atoms with Gasteiger partial charge in [-0.3, -0.25) is 9.59 Å². The second-order valence-electron chi connectivity index (χ2n) is 5.45. The van der Waals surface area contributed by atoms with Crippen LogP contribution in [-0.2, 0) is 4.79 Å². The lowest BCUT2D eigenvalue weighted by Crippen LogP contribution is -2.43. The van der Waals surface area contributed by atoms with Gasteiger partial charge in [0.15, 0.2) is 0 Å². The summed E-state index contributed by atoms with van der Waals surface area (Å²) in [5.41, 5.74) is -0.0851. The van der Waals surface area contributed by atoms with Crippen LogP contribution in [0.15, 0.2) is 18.2 Å². The highest BCUT2D eigenvalue weighted by atomic mass is 35.5. The smallest absolute Gasteiger partial charge is 0.258 e. The molecule has 0 radical (unpaired) electrons. The third-order valence-corrected chi connectivity index (χ3v) is 4.19. The van der Waals surface area contributed by atoms with Crippen molar-refractivity contribution in [2.24, 2.45) is 5.92 Å². The number of amides is 2. The minimum atomic E-state index is -0.611. The van der Waals surface area contributed by atoms with Crippen LogP contribution in [0.1, 0.15) is 36.5 Å². The van der Waals surface area contributed by atoms with Gasteiger partial charge >= 0.3 is 0 Å². The van der Waals surface area contributed by atoms with Crippen molar-refractivity contribution in [3.63, 3.8) is 0 Å². The molecule has 2 amide bonds. The zero-order valence-electron chi connectivity index (χ0n) is 12.6. The van der Waals surface area contributed by atoms with E-state index in [9.17, 15) is 14.0 Å². The Morgan fingerprint density at radius 3 is 2.64 bits per heavy atom. The predicted octanol–water partition coefficient (Wildman–Crippen LogP) is 2.86. The Hall–Kier alpha value is -1.62. The summed E-state index contributed by atoms with van der Waals surface area (Å²) in [6.45, 7) is 3.55. The Balaban J connectivity index is 1.97. The monoisotopic (exact) mass is 326 g/mol. The maximum Gasteiger partial charge on any atom is 0.258 e. The standard InChI is InChI=1S/C16H20ClFN2O2/c1-2-8-19-15(21)11-6-9-20(10-7-11)16(22)14-12(17)4-3-5-13(14)18/h3-5,11H,2,6-10H2,1H3,(H,19,21). The molecule has 22 heavy (non-hydrogen) atoms. The number of carbonyl (C=O) groups is 2. The molecule has 1 N–H and O–H groups in total. The zero-order chi connectivity index (χ0) is 16.1. The molecule has 0 unspecified atom stereocenters. The second-order valence-corrected chi connectivity index (χ2v) is 5.86. The Kier molecular flexibility index (Phi) is 5.77. The van der Waals surface area contributed by atoms with E-state index in [0.717, 1.165) is 6.42 Å². The molecule has 1 aromatic rings. The first-order chi connectivity index (χ1) is 10.5. The highest BCUT2D eigenvalue weighted by molar-refractivity contribution is 6.33. The SMILES string of the molecule is CCCNC(=O)C1CCN(C(=O)c2c(F)cccc2Cl)CC1. The number of rotatable bonds is 4. The minimum Gasteiger partial charge on any atom is -0.356 e. The van der Waals surface area contributed by atoms with Gasteiger partial charge in [0.1, 0.15) is 5.82 Å². The van der Waals surface area contributed by atoms with Gasteiger partial charge in [-0.05, 0) is 31.4 Å². The van der Waals surface area contributed by atoms with E-state index in [1.165, 1.54) is 18.2 Å². The number of nitrogens with one attached hydrogen (secondary N) is 1. The molecule has 0 aliphatic carbocycles. The van der Waals surface area contributed by atoms with Crippen molar-refractivity contribution in [1.82, 2.24) is 10.2 Å². The first-order valence-electron chi connectivity index (χ1n) is 7.55. The summed E-state index contributed by atoms with van der Waals surface area (Å²) in [6.07, 6.45) is 2.08. The number of piperidine rings is 1. The van der Waals surface area contributed by atoms with Gasteiger partial charge in [-0.25, -0.2) is 4.39 Å². The first-order valence-corrected chi connectivity index (χ1v) is 7.93. The Bertz CT molecular complexity index is 537. The van der Waals surface area contributed by atoms with Gasteiger partial charge in [-0.15, -0.1) is 0 Å². The molecular weight excluding hydrogens is 307 g/mol. The quantitative estimate of drug-likeness (QED) is 0.925. The van der Waals surface area contributed by atoms with Crippen molar-refractivity contribution in [3.05, 3.63) is 34.6 Å². The van der Waals surface area contributed by atoms with Crippen LogP contribution in [0.5, 0.6) is 0 Å². The molecule has 0 bridgehead atoms. The lowest BCUT2D eigenvalue weighted by Gasteiger charge is -2.31. The van der Waals surface area contributed by atoms with E-state index in [1.807, 2.05) is 6.92 Å². The molecule has 2 rings (SSSR count). The Morgan fingerprint density at radius 1 is 1.36 bits per heavy atom. The van der Waals surface area contributed by atoms with Gasteiger partial charge in [-0.2, -0.15) is 0 Å². The second kappa shape index (κ2) is 7.58. The van der Waals surface area contributed by atoms with E-state index in [-0.39, 0.29) is 22.4 Å². The summed E-state index contributed by atoms with van der Waals surface area (Å²) in [4.78, 5) is 25.9. The molecule has 0 atom stereocenters. The maximum absolute atomic E-state index is 13.8. The molecule has 0 saturated carbocycles. The van der Waals surface area contributed by atoms with E-state index < -0.39 is 11.7 Å². The fraction of sp³-hybridized carbons (Fsp3) is 0.500. The Labute approximate surface area is 134 Å². The number of hydrogen-bond donors (Lipinski definition) is 1. The van der Waals surface area contributed by atoms with Crippen LogP contribution in [0.4, 0.5) is 4.39 Å². The molecule has 1 aromatic carbocycles. The average molecular weight is 327 g/mol. The molecule has 1 aliphatic rings. The van der Waals surface area contributed by atoms with Crippen molar-refractivity contribution in [1.29, 1.82) is 0 Å². The summed E-state index contributed by atoms with van der Waals surface area (Å²) in [6, 6.07) is 4.20. The van der Waals surface area contributed by atoms with Crippen molar-refractivity contribution in [2.45, 2.75) is 26.2 Å².